The summed E-state index contributed by atoms with van der Waals surface area (Å²) in [5.74, 6) is 2.12. The molecule has 0 radical (unpaired) electrons. The van der Waals surface area contributed by atoms with Crippen molar-refractivity contribution in [3.8, 4) is 0 Å². The highest BCUT2D eigenvalue weighted by Crippen LogP contribution is 2.38. The summed E-state index contributed by atoms with van der Waals surface area (Å²) in [5.41, 5.74) is 0.360. The number of rotatable bonds is 1. The summed E-state index contributed by atoms with van der Waals surface area (Å²) in [5, 5.41) is 4.90. The Kier molecular flexibility index (Phi) is 3.59. The van der Waals surface area contributed by atoms with Crippen molar-refractivity contribution in [2.75, 3.05) is 12.4 Å². The first-order chi connectivity index (χ1) is 8.67. The van der Waals surface area contributed by atoms with Gasteiger partial charge in [0.15, 0.2) is 5.17 Å². The van der Waals surface area contributed by atoms with Crippen molar-refractivity contribution in [2.45, 2.75) is 63.6 Å². The van der Waals surface area contributed by atoms with Crippen molar-refractivity contribution in [1.29, 1.82) is 0 Å². The Labute approximate surface area is 114 Å². The van der Waals surface area contributed by atoms with Gasteiger partial charge in [0, 0.05) is 17.9 Å². The summed E-state index contributed by atoms with van der Waals surface area (Å²) < 4.78 is 5.58. The largest absolute Gasteiger partial charge is 0.376 e. The molecule has 3 nitrogen and oxygen atoms in total. The van der Waals surface area contributed by atoms with Crippen molar-refractivity contribution >= 4 is 16.9 Å². The number of aliphatic imine (C=N–C) groups is 1. The quantitative estimate of drug-likeness (QED) is 0.794. The maximum absolute atomic E-state index is 5.58. The lowest BCUT2D eigenvalue weighted by Gasteiger charge is -2.35. The average molecular weight is 268 g/mol. The Balaban J connectivity index is 1.62. The molecule has 2 aliphatic heterocycles. The standard InChI is InChI=1S/C14H24N2OS/c1-10-3-6-14(7-4-10)9-18-13(16-14)15-12-5-8-17-11(12)2/h10-12H,3-9H2,1-2H3,(H,15,16). The third-order valence-electron chi connectivity index (χ3n) is 4.71. The van der Waals surface area contributed by atoms with E-state index in [2.05, 4.69) is 19.2 Å². The average Bonchev–Trinajstić information content (AvgIpc) is 2.93. The summed E-state index contributed by atoms with van der Waals surface area (Å²) in [4.78, 5) is 4.87. The van der Waals surface area contributed by atoms with Crippen LogP contribution in [0.15, 0.2) is 4.99 Å². The fourth-order valence-electron chi connectivity index (χ4n) is 3.20. The van der Waals surface area contributed by atoms with Crippen molar-refractivity contribution in [2.24, 2.45) is 10.9 Å². The molecule has 18 heavy (non-hydrogen) atoms. The second-order valence-electron chi connectivity index (χ2n) is 6.24. The fraction of sp³-hybridized carbons (Fsp3) is 0.929. The molecule has 1 aliphatic carbocycles. The van der Waals surface area contributed by atoms with E-state index in [0.717, 1.165) is 18.9 Å². The van der Waals surface area contributed by atoms with Gasteiger partial charge >= 0.3 is 0 Å². The molecule has 3 rings (SSSR count). The van der Waals surface area contributed by atoms with Crippen molar-refractivity contribution < 1.29 is 4.74 Å². The first-order valence-electron chi connectivity index (χ1n) is 7.27. The van der Waals surface area contributed by atoms with E-state index in [0.29, 0.717) is 17.7 Å². The van der Waals surface area contributed by atoms with Crippen LogP contribution in [-0.2, 0) is 4.74 Å². The Bertz CT molecular complexity index is 337. The van der Waals surface area contributed by atoms with E-state index in [1.54, 1.807) is 0 Å². The Morgan fingerprint density at radius 3 is 2.72 bits per heavy atom. The van der Waals surface area contributed by atoms with E-state index in [4.69, 9.17) is 9.73 Å². The van der Waals surface area contributed by atoms with E-state index >= 15 is 0 Å². The van der Waals surface area contributed by atoms with Gasteiger partial charge in [-0.15, -0.1) is 0 Å². The second-order valence-corrected chi connectivity index (χ2v) is 7.21. The molecule has 1 N–H and O–H groups in total. The summed E-state index contributed by atoms with van der Waals surface area (Å²) >= 11 is 1.92. The van der Waals surface area contributed by atoms with Crippen LogP contribution >= 0.6 is 11.8 Å². The highest BCUT2D eigenvalue weighted by molar-refractivity contribution is 8.14. The normalized spacial score (nSPS) is 46.8. The van der Waals surface area contributed by atoms with Crippen LogP contribution in [0, 0.1) is 5.92 Å². The maximum atomic E-state index is 5.58. The number of amidine groups is 1. The lowest BCUT2D eigenvalue weighted by atomic mass is 9.78. The van der Waals surface area contributed by atoms with Crippen LogP contribution in [0.4, 0.5) is 0 Å². The van der Waals surface area contributed by atoms with Crippen LogP contribution in [-0.4, -0.2) is 35.2 Å². The van der Waals surface area contributed by atoms with Gasteiger partial charge in [-0.25, -0.2) is 0 Å². The van der Waals surface area contributed by atoms with Crippen LogP contribution in [0.1, 0.15) is 46.0 Å². The summed E-state index contributed by atoms with van der Waals surface area (Å²) in [6, 6.07) is 0.373. The fourth-order valence-corrected chi connectivity index (χ4v) is 4.47. The molecule has 0 aromatic heterocycles. The molecule has 1 spiro atoms. The van der Waals surface area contributed by atoms with Gasteiger partial charge < -0.3 is 10.1 Å². The third-order valence-corrected chi connectivity index (χ3v) is 5.89. The van der Waals surface area contributed by atoms with Crippen LogP contribution < -0.4 is 5.32 Å². The van der Waals surface area contributed by atoms with E-state index in [1.807, 2.05) is 11.8 Å². The van der Waals surface area contributed by atoms with Gasteiger partial charge in [0.25, 0.3) is 0 Å². The minimum atomic E-state index is 0.294. The van der Waals surface area contributed by atoms with E-state index in [1.165, 1.54) is 36.6 Å². The Morgan fingerprint density at radius 2 is 2.06 bits per heavy atom. The molecule has 2 atom stereocenters. The molecular weight excluding hydrogens is 244 g/mol. The molecule has 102 valence electrons. The topological polar surface area (TPSA) is 33.6 Å². The van der Waals surface area contributed by atoms with Gasteiger partial charge in [-0.05, 0) is 44.9 Å². The van der Waals surface area contributed by atoms with Crippen molar-refractivity contribution in [3.63, 3.8) is 0 Å². The molecule has 2 unspecified atom stereocenters. The molecule has 3 aliphatic rings. The molecule has 4 heteroatoms. The van der Waals surface area contributed by atoms with E-state index in [-0.39, 0.29) is 0 Å². The first-order valence-corrected chi connectivity index (χ1v) is 8.26. The lowest BCUT2D eigenvalue weighted by Crippen LogP contribution is -2.46. The second kappa shape index (κ2) is 5.04. The number of hydrogen-bond acceptors (Lipinski definition) is 3. The zero-order chi connectivity index (χ0) is 12.6. The van der Waals surface area contributed by atoms with E-state index in [9.17, 15) is 0 Å². The van der Waals surface area contributed by atoms with Crippen LogP contribution in [0.25, 0.3) is 0 Å². The van der Waals surface area contributed by atoms with Crippen LogP contribution in [0.5, 0.6) is 0 Å². The number of hydrogen-bond donors (Lipinski definition) is 1. The number of nitrogens with one attached hydrogen (secondary N) is 1. The molecular formula is C14H24N2OS. The summed E-state index contributed by atoms with van der Waals surface area (Å²) in [6.45, 7) is 5.39. The van der Waals surface area contributed by atoms with Crippen molar-refractivity contribution in [3.05, 3.63) is 0 Å². The SMILES string of the molecule is CC1CCC2(CC1)CSC(=NC1CCOC1C)N2. The highest BCUT2D eigenvalue weighted by Gasteiger charge is 2.40. The number of ether oxygens (including phenoxy) is 1. The summed E-state index contributed by atoms with van der Waals surface area (Å²) in [7, 11) is 0. The molecule has 0 bridgehead atoms. The smallest absolute Gasteiger partial charge is 0.157 e. The number of thioether (sulfide) groups is 1. The van der Waals surface area contributed by atoms with Gasteiger partial charge in [0.1, 0.15) is 0 Å². The highest BCUT2D eigenvalue weighted by atomic mass is 32.2. The van der Waals surface area contributed by atoms with Gasteiger partial charge in [-0.2, -0.15) is 0 Å². The number of nitrogens with zero attached hydrogens (tertiary/aromatic N) is 1. The molecule has 0 aromatic rings. The van der Waals surface area contributed by atoms with Crippen LogP contribution in [0.2, 0.25) is 0 Å². The van der Waals surface area contributed by atoms with Crippen LogP contribution in [0.3, 0.4) is 0 Å². The van der Waals surface area contributed by atoms with E-state index < -0.39 is 0 Å². The van der Waals surface area contributed by atoms with Crippen molar-refractivity contribution in [1.82, 2.24) is 5.32 Å². The summed E-state index contributed by atoms with van der Waals surface area (Å²) in [6.07, 6.45) is 6.74. The zero-order valence-electron chi connectivity index (χ0n) is 11.4. The molecule has 0 amide bonds. The van der Waals surface area contributed by atoms with Gasteiger partial charge in [-0.3, -0.25) is 4.99 Å². The van der Waals surface area contributed by atoms with Gasteiger partial charge in [-0.1, -0.05) is 18.7 Å². The zero-order valence-corrected chi connectivity index (χ0v) is 12.3. The molecule has 2 saturated heterocycles. The Morgan fingerprint density at radius 1 is 1.28 bits per heavy atom. The molecule has 3 fully saturated rings. The Hall–Kier alpha value is -0.220. The minimum absolute atomic E-state index is 0.294. The third kappa shape index (κ3) is 2.55. The lowest BCUT2D eigenvalue weighted by molar-refractivity contribution is 0.119. The maximum Gasteiger partial charge on any atom is 0.157 e. The van der Waals surface area contributed by atoms with Gasteiger partial charge in [0.05, 0.1) is 12.1 Å². The first kappa shape index (κ1) is 12.8. The molecule has 1 saturated carbocycles. The van der Waals surface area contributed by atoms with Gasteiger partial charge in [0.2, 0.25) is 0 Å². The molecule has 2 heterocycles. The minimum Gasteiger partial charge on any atom is -0.376 e. The predicted octanol–water partition coefficient (Wildman–Crippen LogP) is 2.81. The predicted molar refractivity (Wildman–Crippen MR) is 77.2 cm³/mol. The molecule has 0 aromatic carbocycles. The monoisotopic (exact) mass is 268 g/mol.